The van der Waals surface area contributed by atoms with Crippen LogP contribution in [0.5, 0.6) is 0 Å². The average Bonchev–Trinajstić information content (AvgIpc) is 2.47. The molecule has 2 rings (SSSR count). The first-order valence-corrected chi connectivity index (χ1v) is 8.08. The lowest BCUT2D eigenvalue weighted by atomic mass is 10.2. The molecule has 0 aromatic heterocycles. The van der Waals surface area contributed by atoms with E-state index in [2.05, 4.69) is 0 Å². The quantitative estimate of drug-likeness (QED) is 0.483. The molecule has 0 radical (unpaired) electrons. The lowest BCUT2D eigenvalue weighted by Crippen LogP contribution is -2.06. The summed E-state index contributed by atoms with van der Waals surface area (Å²) in [5.41, 5.74) is 1.34. The highest BCUT2D eigenvalue weighted by molar-refractivity contribution is 7.87. The normalized spacial score (nSPS) is 11.8. The van der Waals surface area contributed by atoms with Gasteiger partial charge in [0.2, 0.25) is 0 Å². The van der Waals surface area contributed by atoms with Gasteiger partial charge in [0.1, 0.15) is 4.90 Å². The Kier molecular flexibility index (Phi) is 4.86. The summed E-state index contributed by atoms with van der Waals surface area (Å²) in [6, 6.07) is 14.4. The monoisotopic (exact) mass is 333 g/mol. The van der Waals surface area contributed by atoms with E-state index in [1.807, 2.05) is 6.92 Å². The van der Waals surface area contributed by atoms with Crippen molar-refractivity contribution in [3.8, 4) is 6.07 Å². The van der Waals surface area contributed by atoms with E-state index in [-0.39, 0.29) is 10.7 Å². The van der Waals surface area contributed by atoms with Crippen LogP contribution in [0.25, 0.3) is 5.76 Å². The van der Waals surface area contributed by atoms with Gasteiger partial charge in [-0.1, -0.05) is 41.4 Å². The summed E-state index contributed by atoms with van der Waals surface area (Å²) in [5.74, 6) is -0.0782. The van der Waals surface area contributed by atoms with Crippen LogP contribution < -0.4 is 0 Å². The van der Waals surface area contributed by atoms with E-state index in [4.69, 9.17) is 21.0 Å². The summed E-state index contributed by atoms with van der Waals surface area (Å²) >= 11 is 5.88. The Hall–Kier alpha value is -2.29. The fourth-order valence-electron chi connectivity index (χ4n) is 1.73. The lowest BCUT2D eigenvalue weighted by Gasteiger charge is -2.10. The van der Waals surface area contributed by atoms with E-state index in [1.54, 1.807) is 36.4 Å². The van der Waals surface area contributed by atoms with E-state index in [1.165, 1.54) is 18.2 Å². The maximum Gasteiger partial charge on any atom is 0.339 e. The minimum atomic E-state index is -4.02. The summed E-state index contributed by atoms with van der Waals surface area (Å²) in [4.78, 5) is 0.0176. The van der Waals surface area contributed by atoms with Gasteiger partial charge in [-0.05, 0) is 31.2 Å². The summed E-state index contributed by atoms with van der Waals surface area (Å²) in [6.45, 7) is 1.85. The summed E-state index contributed by atoms with van der Waals surface area (Å²) in [6.07, 6.45) is 1.03. The zero-order chi connectivity index (χ0) is 16.2. The maximum atomic E-state index is 12.3. The van der Waals surface area contributed by atoms with E-state index in [9.17, 15) is 8.42 Å². The third-order valence-electron chi connectivity index (χ3n) is 2.81. The van der Waals surface area contributed by atoms with E-state index >= 15 is 0 Å². The Morgan fingerprint density at radius 2 is 1.91 bits per heavy atom. The lowest BCUT2D eigenvalue weighted by molar-refractivity contribution is 0.463. The molecule has 2 aromatic rings. The molecular formula is C16H12ClNO3S. The van der Waals surface area contributed by atoms with E-state index in [0.29, 0.717) is 10.6 Å². The number of halogens is 1. The molecule has 0 saturated heterocycles. The Bertz CT molecular complexity index is 850. The molecule has 0 atom stereocenters. The molecule has 0 amide bonds. The number of hydrogen-bond donors (Lipinski definition) is 0. The zero-order valence-corrected chi connectivity index (χ0v) is 13.2. The molecule has 0 saturated carbocycles. The van der Waals surface area contributed by atoms with Gasteiger partial charge in [0.15, 0.2) is 5.76 Å². The third kappa shape index (κ3) is 3.88. The molecule has 0 aliphatic rings. The number of hydrogen-bond acceptors (Lipinski definition) is 4. The molecule has 112 valence electrons. The van der Waals surface area contributed by atoms with E-state index < -0.39 is 10.1 Å². The van der Waals surface area contributed by atoms with Crippen molar-refractivity contribution in [1.82, 2.24) is 0 Å². The molecule has 0 aliphatic heterocycles. The van der Waals surface area contributed by atoms with Crippen LogP contribution in [0, 0.1) is 18.3 Å². The Balaban J connectivity index is 2.38. The van der Waals surface area contributed by atoms with Crippen LogP contribution in [0.3, 0.4) is 0 Å². The van der Waals surface area contributed by atoms with Gasteiger partial charge in [-0.2, -0.15) is 13.7 Å². The topological polar surface area (TPSA) is 67.2 Å². The van der Waals surface area contributed by atoms with Crippen molar-refractivity contribution in [1.29, 1.82) is 5.26 Å². The van der Waals surface area contributed by atoms with Gasteiger partial charge in [0.25, 0.3) is 0 Å². The molecule has 0 heterocycles. The number of nitrogens with zero attached hydrogens (tertiary/aromatic N) is 1. The first-order valence-electron chi connectivity index (χ1n) is 6.29. The second-order valence-corrected chi connectivity index (χ2v) is 6.48. The third-order valence-corrected chi connectivity index (χ3v) is 4.30. The summed E-state index contributed by atoms with van der Waals surface area (Å²) < 4.78 is 29.7. The minimum Gasteiger partial charge on any atom is -0.378 e. The predicted octanol–water partition coefficient (Wildman–Crippen LogP) is 3.92. The van der Waals surface area contributed by atoms with Crippen LogP contribution in [0.1, 0.15) is 11.1 Å². The molecule has 0 spiro atoms. The van der Waals surface area contributed by atoms with Crippen LogP contribution in [0.15, 0.2) is 59.5 Å². The molecule has 0 bridgehead atoms. The van der Waals surface area contributed by atoms with Crippen LogP contribution in [-0.2, 0) is 14.3 Å². The standard InChI is InChI=1S/C16H12ClNO3S/c1-12-5-7-15(8-6-12)22(19,20)21-16(9-10-18)13-3-2-4-14(17)11-13/h2-9,11H,1H3. The predicted molar refractivity (Wildman–Crippen MR) is 84.5 cm³/mol. The molecule has 22 heavy (non-hydrogen) atoms. The van der Waals surface area contributed by atoms with Crippen molar-refractivity contribution in [3.05, 3.63) is 70.8 Å². The number of benzene rings is 2. The molecule has 0 aliphatic carbocycles. The van der Waals surface area contributed by atoms with Crippen molar-refractivity contribution in [2.75, 3.05) is 0 Å². The van der Waals surface area contributed by atoms with Crippen molar-refractivity contribution in [2.45, 2.75) is 11.8 Å². The van der Waals surface area contributed by atoms with Crippen LogP contribution >= 0.6 is 11.6 Å². The molecular weight excluding hydrogens is 322 g/mol. The van der Waals surface area contributed by atoms with Crippen molar-refractivity contribution >= 4 is 27.5 Å². The van der Waals surface area contributed by atoms with Gasteiger partial charge in [-0.15, -0.1) is 0 Å². The highest BCUT2D eigenvalue weighted by atomic mass is 35.5. The number of aryl methyl sites for hydroxylation is 1. The Morgan fingerprint density at radius 1 is 1.23 bits per heavy atom. The molecule has 0 fully saturated rings. The molecule has 2 aromatic carbocycles. The first kappa shape index (κ1) is 16.1. The fraction of sp³-hybridized carbons (Fsp3) is 0.0625. The summed E-state index contributed by atoms with van der Waals surface area (Å²) in [5, 5.41) is 9.25. The van der Waals surface area contributed by atoms with Gasteiger partial charge in [-0.3, -0.25) is 0 Å². The number of nitriles is 1. The highest BCUT2D eigenvalue weighted by Crippen LogP contribution is 2.24. The molecule has 6 heteroatoms. The Labute approximate surface area is 134 Å². The highest BCUT2D eigenvalue weighted by Gasteiger charge is 2.19. The second-order valence-electron chi connectivity index (χ2n) is 4.50. The maximum absolute atomic E-state index is 12.3. The summed E-state index contributed by atoms with van der Waals surface area (Å²) in [7, 11) is -4.02. The fourth-order valence-corrected chi connectivity index (χ4v) is 2.86. The van der Waals surface area contributed by atoms with Crippen LogP contribution in [-0.4, -0.2) is 8.42 Å². The van der Waals surface area contributed by atoms with Crippen molar-refractivity contribution in [2.24, 2.45) is 0 Å². The second kappa shape index (κ2) is 6.65. The van der Waals surface area contributed by atoms with E-state index in [0.717, 1.165) is 11.6 Å². The van der Waals surface area contributed by atoms with Gasteiger partial charge >= 0.3 is 10.1 Å². The van der Waals surface area contributed by atoms with Crippen molar-refractivity contribution in [3.63, 3.8) is 0 Å². The van der Waals surface area contributed by atoms with Crippen LogP contribution in [0.4, 0.5) is 0 Å². The number of allylic oxidation sites excluding steroid dienone is 1. The molecule has 0 unspecified atom stereocenters. The smallest absolute Gasteiger partial charge is 0.339 e. The number of rotatable bonds is 4. The average molecular weight is 334 g/mol. The van der Waals surface area contributed by atoms with Gasteiger partial charge in [0, 0.05) is 10.6 Å². The van der Waals surface area contributed by atoms with Gasteiger partial charge < -0.3 is 4.18 Å². The SMILES string of the molecule is Cc1ccc(S(=O)(=O)OC(=CC#N)c2cccc(Cl)c2)cc1. The molecule has 4 nitrogen and oxygen atoms in total. The van der Waals surface area contributed by atoms with Gasteiger partial charge in [0.05, 0.1) is 12.1 Å². The molecule has 0 N–H and O–H groups in total. The first-order chi connectivity index (χ1) is 10.4. The van der Waals surface area contributed by atoms with Gasteiger partial charge in [-0.25, -0.2) is 0 Å². The minimum absolute atomic E-state index is 0.0176. The van der Waals surface area contributed by atoms with Crippen LogP contribution in [0.2, 0.25) is 5.02 Å². The van der Waals surface area contributed by atoms with Crippen molar-refractivity contribution < 1.29 is 12.6 Å². The zero-order valence-electron chi connectivity index (χ0n) is 11.7. The Morgan fingerprint density at radius 3 is 2.50 bits per heavy atom. The largest absolute Gasteiger partial charge is 0.378 e.